The van der Waals surface area contributed by atoms with Gasteiger partial charge in [0.25, 0.3) is 0 Å². The van der Waals surface area contributed by atoms with Gasteiger partial charge in [-0.25, -0.2) is 4.57 Å². The second kappa shape index (κ2) is 38.2. The van der Waals surface area contributed by atoms with Gasteiger partial charge in [0.1, 0.15) is 19.3 Å². The van der Waals surface area contributed by atoms with Gasteiger partial charge in [0.05, 0.1) is 34.4 Å². The minimum Gasteiger partial charge on any atom is -0.379 e. The Labute approximate surface area is 322 Å². The summed E-state index contributed by atoms with van der Waals surface area (Å²) in [5, 5.41) is 0. The van der Waals surface area contributed by atoms with Gasteiger partial charge in [0.15, 0.2) is 0 Å². The number of hydrogen-bond donors (Lipinski definition) is 1. The number of rotatable bonds is 40. The van der Waals surface area contributed by atoms with Crippen LogP contribution >= 0.6 is 7.82 Å². The molecule has 0 aromatic rings. The normalized spacial score (nSPS) is 14.5. The molecule has 306 valence electrons. The van der Waals surface area contributed by atoms with Gasteiger partial charge in [-0.05, 0) is 70.6 Å². The third kappa shape index (κ3) is 41.7. The predicted molar refractivity (Wildman–Crippen MR) is 224 cm³/mol. The zero-order valence-corrected chi connectivity index (χ0v) is 35.7. The molecule has 8 heteroatoms. The van der Waals surface area contributed by atoms with E-state index in [0.29, 0.717) is 30.8 Å². The fourth-order valence-corrected chi connectivity index (χ4v) is 6.34. The highest BCUT2D eigenvalue weighted by atomic mass is 31.2. The lowest BCUT2D eigenvalue weighted by molar-refractivity contribution is -0.870. The number of phosphoric acid groups is 1. The molecular weight excluding hydrogens is 669 g/mol. The van der Waals surface area contributed by atoms with Gasteiger partial charge in [-0.15, -0.1) is 0 Å². The number of unbranched alkanes of at least 4 members (excludes halogenated alkanes) is 18. The SMILES string of the molecule is CC/C=C\C/C=C\C/C=C\CCCCCCCCO[C@H](COCCCCCCCC/C=C\CCCCCCCC)COP(=O)(O)OCC[N+](C)(C)C. The van der Waals surface area contributed by atoms with Crippen LogP contribution in [0, 0.1) is 0 Å². The lowest BCUT2D eigenvalue weighted by atomic mass is 10.1. The number of hydrogen-bond acceptors (Lipinski definition) is 5. The van der Waals surface area contributed by atoms with E-state index in [0.717, 1.165) is 51.4 Å². The summed E-state index contributed by atoms with van der Waals surface area (Å²) in [5.41, 5.74) is 0. The number of phosphoric ester groups is 1. The van der Waals surface area contributed by atoms with E-state index in [1.165, 1.54) is 103 Å². The van der Waals surface area contributed by atoms with Crippen LogP contribution in [-0.4, -0.2) is 76.2 Å². The standard InChI is InChI=1S/C44H84NO6P/c1-6-8-10-12-14-16-18-20-22-24-26-28-30-32-34-36-39-48-42-44(43-51-52(46,47)50-41-38-45(3,4)5)49-40-37-35-33-31-29-27-25-23-21-19-17-15-13-11-9-7-2/h9,11,15,17,20-23,44H,6-8,10,12-14,16,18-19,24-43H2,1-5H3/p+1/b11-9-,17-15-,22-20-,23-21-/t44-/m1/s1. The minimum absolute atomic E-state index is 0.0230. The fourth-order valence-electron chi connectivity index (χ4n) is 5.60. The van der Waals surface area contributed by atoms with Crippen LogP contribution in [0.4, 0.5) is 0 Å². The third-order valence-corrected chi connectivity index (χ3v) is 9.93. The van der Waals surface area contributed by atoms with Crippen LogP contribution in [-0.2, 0) is 23.1 Å². The summed E-state index contributed by atoms with van der Waals surface area (Å²) in [5.74, 6) is 0. The number of likely N-dealkylation sites (N-methyl/N-ethyl adjacent to an activating group) is 1. The molecule has 0 rings (SSSR count). The maximum absolute atomic E-state index is 12.5. The first-order valence-corrected chi connectivity index (χ1v) is 22.9. The molecule has 1 N–H and O–H groups in total. The Morgan fingerprint density at radius 2 is 1.00 bits per heavy atom. The average molecular weight is 755 g/mol. The second-order valence-corrected chi connectivity index (χ2v) is 16.8. The Bertz CT molecular complexity index is 913. The summed E-state index contributed by atoms with van der Waals surface area (Å²) in [4.78, 5) is 10.2. The molecule has 0 radical (unpaired) electrons. The number of quaternary nitrogens is 1. The van der Waals surface area contributed by atoms with E-state index in [-0.39, 0.29) is 13.2 Å². The van der Waals surface area contributed by atoms with Crippen molar-refractivity contribution in [2.45, 2.75) is 174 Å². The van der Waals surface area contributed by atoms with E-state index in [4.69, 9.17) is 18.5 Å². The van der Waals surface area contributed by atoms with Gasteiger partial charge in [0.2, 0.25) is 0 Å². The lowest BCUT2D eigenvalue weighted by Crippen LogP contribution is -2.37. The molecule has 0 heterocycles. The van der Waals surface area contributed by atoms with E-state index in [9.17, 15) is 9.46 Å². The highest BCUT2D eigenvalue weighted by Gasteiger charge is 2.25. The average Bonchev–Trinajstić information content (AvgIpc) is 3.10. The van der Waals surface area contributed by atoms with E-state index >= 15 is 0 Å². The van der Waals surface area contributed by atoms with E-state index in [2.05, 4.69) is 62.5 Å². The Morgan fingerprint density at radius 3 is 1.54 bits per heavy atom. The Morgan fingerprint density at radius 1 is 0.538 bits per heavy atom. The molecule has 0 spiro atoms. The Kier molecular flexibility index (Phi) is 37.5. The van der Waals surface area contributed by atoms with Crippen molar-refractivity contribution in [2.24, 2.45) is 0 Å². The molecule has 7 nitrogen and oxygen atoms in total. The quantitative estimate of drug-likeness (QED) is 0.0291. The number of allylic oxidation sites excluding steroid dienone is 8. The maximum atomic E-state index is 12.5. The largest absolute Gasteiger partial charge is 0.472 e. The van der Waals surface area contributed by atoms with Crippen molar-refractivity contribution in [3.8, 4) is 0 Å². The molecule has 0 amide bonds. The summed E-state index contributed by atoms with van der Waals surface area (Å²) in [6.07, 6.45) is 47.1. The van der Waals surface area contributed by atoms with Crippen molar-refractivity contribution >= 4 is 7.82 Å². The molecule has 0 aromatic carbocycles. The summed E-state index contributed by atoms with van der Waals surface area (Å²) < 4.78 is 35.7. The zero-order valence-electron chi connectivity index (χ0n) is 34.8. The van der Waals surface area contributed by atoms with Gasteiger partial charge in [-0.3, -0.25) is 9.05 Å². The van der Waals surface area contributed by atoms with Gasteiger partial charge in [-0.2, -0.15) is 0 Å². The van der Waals surface area contributed by atoms with Gasteiger partial charge >= 0.3 is 7.82 Å². The summed E-state index contributed by atoms with van der Waals surface area (Å²) >= 11 is 0. The van der Waals surface area contributed by atoms with Gasteiger partial charge in [-0.1, -0.05) is 146 Å². The van der Waals surface area contributed by atoms with Crippen LogP contribution in [0.25, 0.3) is 0 Å². The highest BCUT2D eigenvalue weighted by Crippen LogP contribution is 2.43. The van der Waals surface area contributed by atoms with Crippen molar-refractivity contribution in [1.82, 2.24) is 0 Å². The second-order valence-electron chi connectivity index (χ2n) is 15.3. The fraction of sp³-hybridized carbons (Fsp3) is 0.818. The van der Waals surface area contributed by atoms with Crippen molar-refractivity contribution in [1.29, 1.82) is 0 Å². The van der Waals surface area contributed by atoms with Crippen molar-refractivity contribution in [3.05, 3.63) is 48.6 Å². The smallest absolute Gasteiger partial charge is 0.379 e. The highest BCUT2D eigenvalue weighted by molar-refractivity contribution is 7.47. The molecule has 0 saturated heterocycles. The van der Waals surface area contributed by atoms with Crippen molar-refractivity contribution in [2.75, 3.05) is 60.7 Å². The molecule has 0 aromatic heterocycles. The molecule has 0 aliphatic carbocycles. The van der Waals surface area contributed by atoms with Crippen molar-refractivity contribution in [3.63, 3.8) is 0 Å². The topological polar surface area (TPSA) is 74.2 Å². The molecule has 0 saturated carbocycles. The Balaban J connectivity index is 4.15. The Hall–Kier alpha value is -1.05. The molecule has 52 heavy (non-hydrogen) atoms. The zero-order chi connectivity index (χ0) is 38.3. The predicted octanol–water partition coefficient (Wildman–Crippen LogP) is 12.9. The molecule has 0 aliphatic rings. The molecule has 2 atom stereocenters. The van der Waals surface area contributed by atoms with Gasteiger partial charge in [0, 0.05) is 13.2 Å². The van der Waals surface area contributed by atoms with E-state index in [1.807, 2.05) is 21.1 Å². The molecular formula is C44H85NO6P+. The summed E-state index contributed by atoms with van der Waals surface area (Å²) in [6, 6.07) is 0. The van der Waals surface area contributed by atoms with Crippen molar-refractivity contribution < 1.29 is 32.5 Å². The van der Waals surface area contributed by atoms with Crippen LogP contribution in [0.3, 0.4) is 0 Å². The molecule has 0 aliphatic heterocycles. The number of ether oxygens (including phenoxy) is 2. The van der Waals surface area contributed by atoms with Crippen LogP contribution in [0.15, 0.2) is 48.6 Å². The first-order valence-electron chi connectivity index (χ1n) is 21.4. The van der Waals surface area contributed by atoms with Crippen LogP contribution in [0.2, 0.25) is 0 Å². The first kappa shape index (κ1) is 51.0. The molecule has 0 fully saturated rings. The molecule has 0 bridgehead atoms. The maximum Gasteiger partial charge on any atom is 0.472 e. The van der Waals surface area contributed by atoms with Crippen LogP contribution in [0.5, 0.6) is 0 Å². The third-order valence-electron chi connectivity index (χ3n) is 8.94. The van der Waals surface area contributed by atoms with Crippen LogP contribution < -0.4 is 0 Å². The van der Waals surface area contributed by atoms with Crippen LogP contribution in [0.1, 0.15) is 168 Å². The minimum atomic E-state index is -4.15. The molecule has 1 unspecified atom stereocenters. The van der Waals surface area contributed by atoms with Gasteiger partial charge < -0.3 is 18.9 Å². The van der Waals surface area contributed by atoms with E-state index < -0.39 is 13.9 Å². The monoisotopic (exact) mass is 755 g/mol. The number of nitrogens with zero attached hydrogens (tertiary/aromatic N) is 1. The van der Waals surface area contributed by atoms with E-state index in [1.54, 1.807) is 0 Å². The lowest BCUT2D eigenvalue weighted by Gasteiger charge is -2.24. The summed E-state index contributed by atoms with van der Waals surface area (Å²) in [6.45, 7) is 6.78. The summed E-state index contributed by atoms with van der Waals surface area (Å²) in [7, 11) is 1.88. The first-order chi connectivity index (χ1) is 25.2.